The van der Waals surface area contributed by atoms with Gasteiger partial charge in [0.2, 0.25) is 5.95 Å². The summed E-state index contributed by atoms with van der Waals surface area (Å²) in [5.74, 6) is 1.71. The lowest BCUT2D eigenvalue weighted by atomic mass is 10.0. The first kappa shape index (κ1) is 23.0. The third-order valence-electron chi connectivity index (χ3n) is 5.64. The second-order valence-corrected chi connectivity index (χ2v) is 8.14. The molecule has 1 amide bonds. The van der Waals surface area contributed by atoms with Crippen LogP contribution < -0.4 is 15.4 Å². The highest BCUT2D eigenvalue weighted by molar-refractivity contribution is 5.85. The average Bonchev–Trinajstić information content (AvgIpc) is 2.87. The zero-order valence-corrected chi connectivity index (χ0v) is 19.5. The number of rotatable bonds is 8. The molecule has 0 fully saturated rings. The number of anilines is 2. The second kappa shape index (κ2) is 10.7. The first-order valence-electron chi connectivity index (χ1n) is 11.2. The number of nitrogens with zero attached hydrogens (tertiary/aromatic N) is 2. The van der Waals surface area contributed by atoms with E-state index in [0.717, 1.165) is 27.6 Å². The summed E-state index contributed by atoms with van der Waals surface area (Å²) < 4.78 is 10.7. The maximum Gasteiger partial charge on any atom is 0.412 e. The summed E-state index contributed by atoms with van der Waals surface area (Å²) in [6.07, 6.45) is 1.04. The number of benzene rings is 3. The van der Waals surface area contributed by atoms with Crippen molar-refractivity contribution in [2.45, 2.75) is 25.8 Å². The van der Waals surface area contributed by atoms with Crippen LogP contribution in [-0.2, 0) is 4.74 Å². The van der Waals surface area contributed by atoms with Crippen molar-refractivity contribution in [1.82, 2.24) is 9.97 Å². The van der Waals surface area contributed by atoms with Crippen LogP contribution in [-0.4, -0.2) is 29.8 Å². The summed E-state index contributed by atoms with van der Waals surface area (Å²) in [6.45, 7) is 4.32. The molecule has 0 aliphatic rings. The van der Waals surface area contributed by atoms with Crippen LogP contribution in [0.4, 0.5) is 16.6 Å². The molecular weight excluding hydrogens is 428 g/mol. The molecule has 174 valence electrons. The zero-order chi connectivity index (χ0) is 23.9. The SMILES string of the molecule is COc1ccc2cc([C@H](C)Nc3nccc(NC(=O)OC[C@H](C)c4ccccc4)n3)ccc2c1. The summed E-state index contributed by atoms with van der Waals surface area (Å²) in [5.41, 5.74) is 2.21. The number of hydrogen-bond donors (Lipinski definition) is 2. The number of aromatic nitrogens is 2. The minimum Gasteiger partial charge on any atom is -0.497 e. The molecule has 34 heavy (non-hydrogen) atoms. The fraction of sp³-hybridized carbons (Fsp3) is 0.222. The monoisotopic (exact) mass is 456 g/mol. The molecule has 0 bridgehead atoms. The third-order valence-corrected chi connectivity index (χ3v) is 5.64. The summed E-state index contributed by atoms with van der Waals surface area (Å²) in [6, 6.07) is 23.8. The van der Waals surface area contributed by atoms with Crippen LogP contribution in [0.25, 0.3) is 10.8 Å². The van der Waals surface area contributed by atoms with Crippen LogP contribution in [0, 0.1) is 0 Å². The van der Waals surface area contributed by atoms with E-state index in [1.165, 1.54) is 0 Å². The van der Waals surface area contributed by atoms with Crippen molar-refractivity contribution in [3.63, 3.8) is 0 Å². The van der Waals surface area contributed by atoms with Gasteiger partial charge in [0.25, 0.3) is 0 Å². The van der Waals surface area contributed by atoms with Gasteiger partial charge in [-0.25, -0.2) is 9.78 Å². The molecule has 4 rings (SSSR count). The van der Waals surface area contributed by atoms with Crippen LogP contribution in [0.2, 0.25) is 0 Å². The highest BCUT2D eigenvalue weighted by Crippen LogP contribution is 2.25. The van der Waals surface area contributed by atoms with Crippen LogP contribution in [0.5, 0.6) is 5.75 Å². The normalized spacial score (nSPS) is 12.6. The van der Waals surface area contributed by atoms with Crippen molar-refractivity contribution in [2.24, 2.45) is 0 Å². The van der Waals surface area contributed by atoms with Crippen molar-refractivity contribution >= 4 is 28.6 Å². The molecule has 7 heteroatoms. The van der Waals surface area contributed by atoms with Gasteiger partial charge in [-0.2, -0.15) is 4.98 Å². The Morgan fingerprint density at radius 3 is 2.50 bits per heavy atom. The van der Waals surface area contributed by atoms with E-state index >= 15 is 0 Å². The Kier molecular flexibility index (Phi) is 7.22. The van der Waals surface area contributed by atoms with Gasteiger partial charge in [0.05, 0.1) is 19.8 Å². The van der Waals surface area contributed by atoms with Gasteiger partial charge in [-0.1, -0.05) is 55.5 Å². The molecule has 0 aliphatic heterocycles. The molecule has 2 N–H and O–H groups in total. The van der Waals surface area contributed by atoms with Gasteiger partial charge in [-0.15, -0.1) is 0 Å². The predicted octanol–water partition coefficient (Wildman–Crippen LogP) is 6.16. The lowest BCUT2D eigenvalue weighted by Gasteiger charge is -2.16. The molecule has 1 heterocycles. The highest BCUT2D eigenvalue weighted by Gasteiger charge is 2.12. The molecule has 7 nitrogen and oxygen atoms in total. The predicted molar refractivity (Wildman–Crippen MR) is 134 cm³/mol. The molecule has 0 saturated carbocycles. The van der Waals surface area contributed by atoms with Crippen molar-refractivity contribution in [2.75, 3.05) is 24.4 Å². The number of amides is 1. The van der Waals surface area contributed by atoms with E-state index in [2.05, 4.69) is 38.8 Å². The number of ether oxygens (including phenoxy) is 2. The largest absolute Gasteiger partial charge is 0.497 e. The fourth-order valence-corrected chi connectivity index (χ4v) is 3.63. The summed E-state index contributed by atoms with van der Waals surface area (Å²) in [4.78, 5) is 20.9. The molecule has 0 unspecified atom stereocenters. The number of methoxy groups -OCH3 is 1. The van der Waals surface area contributed by atoms with Crippen LogP contribution in [0.1, 0.15) is 36.9 Å². The lowest BCUT2D eigenvalue weighted by molar-refractivity contribution is 0.155. The smallest absolute Gasteiger partial charge is 0.412 e. The molecule has 2 atom stereocenters. The van der Waals surface area contributed by atoms with Gasteiger partial charge in [0.1, 0.15) is 11.6 Å². The zero-order valence-electron chi connectivity index (χ0n) is 19.5. The van der Waals surface area contributed by atoms with Gasteiger partial charge in [-0.05, 0) is 53.1 Å². The van der Waals surface area contributed by atoms with E-state index in [1.54, 1.807) is 19.4 Å². The Morgan fingerprint density at radius 1 is 0.941 bits per heavy atom. The van der Waals surface area contributed by atoms with Crippen molar-refractivity contribution in [3.05, 3.63) is 90.1 Å². The van der Waals surface area contributed by atoms with Crippen molar-refractivity contribution < 1.29 is 14.3 Å². The Bertz CT molecular complexity index is 1260. The third kappa shape index (κ3) is 5.81. The Hall–Kier alpha value is -4.13. The van der Waals surface area contributed by atoms with E-state index in [-0.39, 0.29) is 18.6 Å². The van der Waals surface area contributed by atoms with Crippen LogP contribution >= 0.6 is 0 Å². The average molecular weight is 457 g/mol. The topological polar surface area (TPSA) is 85.4 Å². The first-order valence-corrected chi connectivity index (χ1v) is 11.2. The molecule has 3 aromatic carbocycles. The van der Waals surface area contributed by atoms with E-state index < -0.39 is 6.09 Å². The maximum atomic E-state index is 12.3. The van der Waals surface area contributed by atoms with Crippen LogP contribution in [0.15, 0.2) is 79.0 Å². The summed E-state index contributed by atoms with van der Waals surface area (Å²) >= 11 is 0. The Morgan fingerprint density at radius 2 is 1.71 bits per heavy atom. The van der Waals surface area contributed by atoms with Gasteiger partial charge in [0.15, 0.2) is 0 Å². The number of carbonyl (C=O) groups excluding carboxylic acids is 1. The first-order chi connectivity index (χ1) is 16.5. The number of carbonyl (C=O) groups is 1. The number of nitrogens with one attached hydrogen (secondary N) is 2. The Labute approximate surface area is 199 Å². The molecule has 0 aliphatic carbocycles. The minimum atomic E-state index is -0.551. The second-order valence-electron chi connectivity index (χ2n) is 8.14. The van der Waals surface area contributed by atoms with Gasteiger partial charge >= 0.3 is 6.09 Å². The quantitative estimate of drug-likeness (QED) is 0.330. The highest BCUT2D eigenvalue weighted by atomic mass is 16.5. The van der Waals surface area contributed by atoms with Gasteiger partial charge in [0, 0.05) is 12.1 Å². The lowest BCUT2D eigenvalue weighted by Crippen LogP contribution is -2.18. The van der Waals surface area contributed by atoms with E-state index in [4.69, 9.17) is 9.47 Å². The maximum absolute atomic E-state index is 12.3. The molecule has 1 aromatic heterocycles. The van der Waals surface area contributed by atoms with Crippen LogP contribution in [0.3, 0.4) is 0 Å². The molecule has 4 aromatic rings. The molecule has 0 spiro atoms. The van der Waals surface area contributed by atoms with E-state index in [1.807, 2.05) is 62.4 Å². The van der Waals surface area contributed by atoms with Gasteiger partial charge < -0.3 is 14.8 Å². The fourth-order valence-electron chi connectivity index (χ4n) is 3.63. The molecule has 0 saturated heterocycles. The number of hydrogen-bond acceptors (Lipinski definition) is 6. The van der Waals surface area contributed by atoms with Crippen molar-refractivity contribution in [3.8, 4) is 5.75 Å². The summed E-state index contributed by atoms with van der Waals surface area (Å²) in [7, 11) is 1.66. The van der Waals surface area contributed by atoms with Gasteiger partial charge in [-0.3, -0.25) is 5.32 Å². The van der Waals surface area contributed by atoms with Crippen molar-refractivity contribution in [1.29, 1.82) is 0 Å². The minimum absolute atomic E-state index is 0.0413. The van der Waals surface area contributed by atoms with E-state index in [9.17, 15) is 4.79 Å². The summed E-state index contributed by atoms with van der Waals surface area (Å²) in [5, 5.41) is 8.19. The Balaban J connectivity index is 1.35. The standard InChI is InChI=1S/C27H28N4O3/c1-18(20-7-5-4-6-8-20)17-34-27(32)31-25-13-14-28-26(30-25)29-19(2)21-9-10-23-16-24(33-3)12-11-22(23)15-21/h4-16,18-19H,17H2,1-3H3,(H2,28,29,30,31,32)/t18-,19-/m0/s1. The van der Waals surface area contributed by atoms with E-state index in [0.29, 0.717) is 11.8 Å². The number of fused-ring (bicyclic) bond motifs is 1. The molecular formula is C27H28N4O3. The molecule has 0 radical (unpaired) electrons.